The van der Waals surface area contributed by atoms with Crippen molar-refractivity contribution in [3.63, 3.8) is 0 Å². The zero-order valence-corrected chi connectivity index (χ0v) is 11.3. The number of fused-ring (bicyclic) bond motifs is 1. The van der Waals surface area contributed by atoms with E-state index in [2.05, 4.69) is 0 Å². The van der Waals surface area contributed by atoms with Gasteiger partial charge in [-0.15, -0.1) is 0 Å². The van der Waals surface area contributed by atoms with Gasteiger partial charge in [0.05, 0.1) is 18.8 Å². The number of ether oxygens (including phenoxy) is 2. The molecule has 0 bridgehead atoms. The Kier molecular flexibility index (Phi) is 3.51. The number of hydrogen-bond donors (Lipinski definition) is 1. The van der Waals surface area contributed by atoms with Crippen molar-refractivity contribution in [2.45, 2.75) is 18.6 Å². The summed E-state index contributed by atoms with van der Waals surface area (Å²) in [5.74, 6) is -0.437. The Morgan fingerprint density at radius 1 is 1.19 bits per heavy atom. The SMILES string of the molecule is COc1ccc2c(c1)OC(c1c(F)cccc1F)C[C@@H]2O. The minimum Gasteiger partial charge on any atom is -0.497 e. The molecule has 1 N–H and O–H groups in total. The first kappa shape index (κ1) is 13.8. The standard InChI is InChI=1S/C16H14F2O3/c1-20-9-5-6-10-13(19)8-15(21-14(10)7-9)16-11(17)3-2-4-12(16)18/h2-7,13,15,19H,8H2,1H3/t13-,15?/m0/s1. The molecule has 0 saturated carbocycles. The number of benzene rings is 2. The monoisotopic (exact) mass is 292 g/mol. The molecule has 21 heavy (non-hydrogen) atoms. The molecule has 0 saturated heterocycles. The van der Waals surface area contributed by atoms with Gasteiger partial charge in [0.25, 0.3) is 0 Å². The number of halogens is 2. The fourth-order valence-corrected chi connectivity index (χ4v) is 2.55. The average Bonchev–Trinajstić information content (AvgIpc) is 2.46. The van der Waals surface area contributed by atoms with Gasteiger partial charge in [0.2, 0.25) is 0 Å². The van der Waals surface area contributed by atoms with Gasteiger partial charge in [-0.25, -0.2) is 8.78 Å². The second kappa shape index (κ2) is 5.33. The number of methoxy groups -OCH3 is 1. The third-order valence-electron chi connectivity index (χ3n) is 3.61. The molecule has 0 amide bonds. The molecular formula is C16H14F2O3. The van der Waals surface area contributed by atoms with Crippen LogP contribution < -0.4 is 9.47 Å². The Labute approximate surface area is 120 Å². The Morgan fingerprint density at radius 3 is 2.57 bits per heavy atom. The lowest BCUT2D eigenvalue weighted by Crippen LogP contribution is -2.21. The van der Waals surface area contributed by atoms with Gasteiger partial charge in [-0.3, -0.25) is 0 Å². The quantitative estimate of drug-likeness (QED) is 0.920. The fourth-order valence-electron chi connectivity index (χ4n) is 2.55. The molecule has 5 heteroatoms. The van der Waals surface area contributed by atoms with E-state index in [1.165, 1.54) is 25.3 Å². The van der Waals surface area contributed by atoms with Crippen LogP contribution in [0.1, 0.15) is 29.8 Å². The summed E-state index contributed by atoms with van der Waals surface area (Å²) < 4.78 is 38.5. The molecule has 1 heterocycles. The summed E-state index contributed by atoms with van der Waals surface area (Å²) in [7, 11) is 1.51. The average molecular weight is 292 g/mol. The largest absolute Gasteiger partial charge is 0.497 e. The van der Waals surface area contributed by atoms with E-state index in [0.717, 1.165) is 0 Å². The van der Waals surface area contributed by atoms with Crippen molar-refractivity contribution in [2.75, 3.05) is 7.11 Å². The van der Waals surface area contributed by atoms with E-state index >= 15 is 0 Å². The third kappa shape index (κ3) is 2.45. The predicted molar refractivity (Wildman–Crippen MR) is 72.3 cm³/mol. The van der Waals surface area contributed by atoms with Gasteiger partial charge < -0.3 is 14.6 Å². The first-order chi connectivity index (χ1) is 10.1. The first-order valence-corrected chi connectivity index (χ1v) is 6.56. The molecule has 2 aromatic rings. The van der Waals surface area contributed by atoms with Crippen molar-refractivity contribution >= 4 is 0 Å². The van der Waals surface area contributed by atoms with Crippen LogP contribution in [-0.2, 0) is 0 Å². The maximum Gasteiger partial charge on any atom is 0.133 e. The fraction of sp³-hybridized carbons (Fsp3) is 0.250. The van der Waals surface area contributed by atoms with Gasteiger partial charge in [-0.1, -0.05) is 6.07 Å². The zero-order chi connectivity index (χ0) is 15.0. The Balaban J connectivity index is 2.01. The van der Waals surface area contributed by atoms with Gasteiger partial charge in [-0.05, 0) is 24.3 Å². The summed E-state index contributed by atoms with van der Waals surface area (Å²) in [5, 5.41) is 10.2. The topological polar surface area (TPSA) is 38.7 Å². The van der Waals surface area contributed by atoms with Crippen molar-refractivity contribution in [1.29, 1.82) is 0 Å². The summed E-state index contributed by atoms with van der Waals surface area (Å²) in [6, 6.07) is 8.64. The van der Waals surface area contributed by atoms with Gasteiger partial charge in [0, 0.05) is 18.1 Å². The van der Waals surface area contributed by atoms with Crippen LogP contribution in [0, 0.1) is 11.6 Å². The lowest BCUT2D eigenvalue weighted by Gasteiger charge is -2.30. The molecule has 0 aromatic heterocycles. The van der Waals surface area contributed by atoms with Crippen molar-refractivity contribution in [3.8, 4) is 11.5 Å². The molecule has 3 rings (SSSR count). The molecular weight excluding hydrogens is 278 g/mol. The highest BCUT2D eigenvalue weighted by molar-refractivity contribution is 5.44. The van der Waals surface area contributed by atoms with Crippen LogP contribution in [0.3, 0.4) is 0 Å². The summed E-state index contributed by atoms with van der Waals surface area (Å²) in [6.45, 7) is 0. The van der Waals surface area contributed by atoms with Gasteiger partial charge in [-0.2, -0.15) is 0 Å². The van der Waals surface area contributed by atoms with E-state index < -0.39 is 23.8 Å². The predicted octanol–water partition coefficient (Wildman–Crippen LogP) is 3.53. The van der Waals surface area contributed by atoms with Gasteiger partial charge in [0.1, 0.15) is 29.2 Å². The van der Waals surface area contributed by atoms with Crippen molar-refractivity contribution in [1.82, 2.24) is 0 Å². The smallest absolute Gasteiger partial charge is 0.133 e. The summed E-state index contributed by atoms with van der Waals surface area (Å²) >= 11 is 0. The van der Waals surface area contributed by atoms with Crippen LogP contribution in [0.5, 0.6) is 11.5 Å². The third-order valence-corrected chi connectivity index (χ3v) is 3.61. The molecule has 0 fully saturated rings. The van der Waals surface area contributed by atoms with E-state index in [-0.39, 0.29) is 12.0 Å². The van der Waals surface area contributed by atoms with Crippen molar-refractivity contribution in [2.24, 2.45) is 0 Å². The van der Waals surface area contributed by atoms with Crippen LogP contribution in [0.4, 0.5) is 8.78 Å². The minimum absolute atomic E-state index is 0.0944. The van der Waals surface area contributed by atoms with Gasteiger partial charge >= 0.3 is 0 Å². The van der Waals surface area contributed by atoms with Gasteiger partial charge in [0.15, 0.2) is 0 Å². The zero-order valence-electron chi connectivity index (χ0n) is 11.3. The molecule has 1 aliphatic rings. The molecule has 2 atom stereocenters. The molecule has 0 radical (unpaired) electrons. The number of hydrogen-bond acceptors (Lipinski definition) is 3. The van der Waals surface area contributed by atoms with E-state index in [4.69, 9.17) is 9.47 Å². The molecule has 0 spiro atoms. The van der Waals surface area contributed by atoms with Crippen LogP contribution in [-0.4, -0.2) is 12.2 Å². The van der Waals surface area contributed by atoms with E-state index in [9.17, 15) is 13.9 Å². The lowest BCUT2D eigenvalue weighted by molar-refractivity contribution is 0.0619. The maximum absolute atomic E-state index is 13.9. The molecule has 110 valence electrons. The van der Waals surface area contributed by atoms with Crippen molar-refractivity contribution < 1.29 is 23.4 Å². The summed E-state index contributed by atoms with van der Waals surface area (Å²) in [5.41, 5.74) is 0.425. The number of aliphatic hydroxyl groups is 1. The Bertz CT molecular complexity index is 652. The van der Waals surface area contributed by atoms with Crippen LogP contribution >= 0.6 is 0 Å². The van der Waals surface area contributed by atoms with E-state index in [1.807, 2.05) is 0 Å². The summed E-state index contributed by atoms with van der Waals surface area (Å²) in [4.78, 5) is 0. The number of rotatable bonds is 2. The molecule has 2 aromatic carbocycles. The summed E-state index contributed by atoms with van der Waals surface area (Å²) in [6.07, 6.45) is -1.62. The second-order valence-electron chi connectivity index (χ2n) is 4.90. The molecule has 3 nitrogen and oxygen atoms in total. The van der Waals surface area contributed by atoms with E-state index in [1.54, 1.807) is 18.2 Å². The Morgan fingerprint density at radius 2 is 1.90 bits per heavy atom. The highest BCUT2D eigenvalue weighted by Crippen LogP contribution is 2.43. The van der Waals surface area contributed by atoms with E-state index in [0.29, 0.717) is 17.1 Å². The van der Waals surface area contributed by atoms with Crippen molar-refractivity contribution in [3.05, 3.63) is 59.2 Å². The highest BCUT2D eigenvalue weighted by Gasteiger charge is 2.31. The highest BCUT2D eigenvalue weighted by atomic mass is 19.1. The molecule has 0 aliphatic carbocycles. The second-order valence-corrected chi connectivity index (χ2v) is 4.90. The molecule has 1 aliphatic heterocycles. The van der Waals surface area contributed by atoms with Crippen LogP contribution in [0.2, 0.25) is 0 Å². The van der Waals surface area contributed by atoms with Crippen LogP contribution in [0.15, 0.2) is 36.4 Å². The Hall–Kier alpha value is -2.14. The lowest BCUT2D eigenvalue weighted by atomic mass is 9.94. The van der Waals surface area contributed by atoms with Crippen LogP contribution in [0.25, 0.3) is 0 Å². The maximum atomic E-state index is 13.9. The minimum atomic E-state index is -0.874. The number of aliphatic hydroxyl groups excluding tert-OH is 1. The normalized spacial score (nSPS) is 20.6. The first-order valence-electron chi connectivity index (χ1n) is 6.56. The molecule has 1 unspecified atom stereocenters.